The second kappa shape index (κ2) is 5.57. The van der Waals surface area contributed by atoms with Crippen molar-refractivity contribution in [3.63, 3.8) is 0 Å². The molecule has 0 spiro atoms. The lowest BCUT2D eigenvalue weighted by Gasteiger charge is -2.30. The molecule has 1 aliphatic rings. The van der Waals surface area contributed by atoms with E-state index in [1.54, 1.807) is 12.1 Å². The number of rotatable bonds is 3. The molecule has 0 amide bonds. The van der Waals surface area contributed by atoms with Gasteiger partial charge in [-0.2, -0.15) is 4.31 Å². The Morgan fingerprint density at radius 1 is 1.33 bits per heavy atom. The Morgan fingerprint density at radius 3 is 2.61 bits per heavy atom. The van der Waals surface area contributed by atoms with Crippen molar-refractivity contribution < 1.29 is 13.5 Å². The van der Waals surface area contributed by atoms with Gasteiger partial charge in [-0.3, -0.25) is 0 Å². The molecule has 4 nitrogen and oxygen atoms in total. The lowest BCUT2D eigenvalue weighted by atomic mass is 10.0. The lowest BCUT2D eigenvalue weighted by molar-refractivity contribution is 0.165. The number of sulfonamides is 1. The number of hydrogen-bond acceptors (Lipinski definition) is 3. The number of aliphatic hydroxyl groups excluding tert-OH is 1. The Bertz CT molecular complexity index is 501. The van der Waals surface area contributed by atoms with Crippen molar-refractivity contribution in [3.8, 4) is 0 Å². The summed E-state index contributed by atoms with van der Waals surface area (Å²) in [4.78, 5) is 0.255. The van der Waals surface area contributed by atoms with Crippen molar-refractivity contribution in [2.45, 2.75) is 17.7 Å². The Hall–Kier alpha value is -0.620. The zero-order valence-corrected chi connectivity index (χ0v) is 11.5. The third kappa shape index (κ3) is 2.85. The number of piperidine rings is 1. The average molecular weight is 290 g/mol. The highest BCUT2D eigenvalue weighted by molar-refractivity contribution is 7.89. The number of aliphatic hydroxyl groups is 1. The first kappa shape index (κ1) is 13.8. The predicted molar refractivity (Wildman–Crippen MR) is 70.0 cm³/mol. The fourth-order valence-electron chi connectivity index (χ4n) is 2.15. The first-order valence-corrected chi connectivity index (χ1v) is 7.72. The van der Waals surface area contributed by atoms with Gasteiger partial charge < -0.3 is 5.11 Å². The van der Waals surface area contributed by atoms with Crippen LogP contribution in [0.3, 0.4) is 0 Å². The molecule has 1 aliphatic heterocycles. The molecule has 0 aliphatic carbocycles. The Kier molecular flexibility index (Phi) is 4.27. The number of halogens is 1. The Labute approximate surface area is 112 Å². The SMILES string of the molecule is O=S(=O)(c1ccc(Cl)cc1)N1CCCC(CO)C1. The Balaban J connectivity index is 2.22. The predicted octanol–water partition coefficient (Wildman–Crippen LogP) is 1.73. The maximum Gasteiger partial charge on any atom is 0.243 e. The highest BCUT2D eigenvalue weighted by Gasteiger charge is 2.29. The molecule has 2 rings (SSSR count). The first-order valence-electron chi connectivity index (χ1n) is 5.90. The van der Waals surface area contributed by atoms with Crippen LogP contribution in [0, 0.1) is 5.92 Å². The number of nitrogens with zero attached hydrogens (tertiary/aromatic N) is 1. The van der Waals surface area contributed by atoms with Gasteiger partial charge in [0.15, 0.2) is 0 Å². The molecule has 0 saturated carbocycles. The maximum atomic E-state index is 12.4. The number of benzene rings is 1. The molecule has 1 saturated heterocycles. The fraction of sp³-hybridized carbons (Fsp3) is 0.500. The van der Waals surface area contributed by atoms with Gasteiger partial charge in [-0.25, -0.2) is 8.42 Å². The van der Waals surface area contributed by atoms with Crippen LogP contribution in [0.5, 0.6) is 0 Å². The summed E-state index contributed by atoms with van der Waals surface area (Å²) < 4.78 is 26.2. The van der Waals surface area contributed by atoms with E-state index in [0.717, 1.165) is 12.8 Å². The van der Waals surface area contributed by atoms with Gasteiger partial charge in [0.2, 0.25) is 10.0 Å². The highest BCUT2D eigenvalue weighted by atomic mass is 35.5. The van der Waals surface area contributed by atoms with Crippen molar-refractivity contribution in [3.05, 3.63) is 29.3 Å². The molecule has 0 bridgehead atoms. The first-order chi connectivity index (χ1) is 8.54. The van der Waals surface area contributed by atoms with Gasteiger partial charge in [-0.1, -0.05) is 11.6 Å². The van der Waals surface area contributed by atoms with Crippen LogP contribution in [0.15, 0.2) is 29.2 Å². The van der Waals surface area contributed by atoms with Crippen LogP contribution >= 0.6 is 11.6 Å². The third-order valence-electron chi connectivity index (χ3n) is 3.19. The van der Waals surface area contributed by atoms with Crippen molar-refractivity contribution in [2.24, 2.45) is 5.92 Å². The van der Waals surface area contributed by atoms with Crippen LogP contribution in [0.1, 0.15) is 12.8 Å². The van der Waals surface area contributed by atoms with Gasteiger partial charge in [-0.05, 0) is 43.0 Å². The van der Waals surface area contributed by atoms with Gasteiger partial charge in [0.1, 0.15) is 0 Å². The van der Waals surface area contributed by atoms with E-state index < -0.39 is 10.0 Å². The zero-order chi connectivity index (χ0) is 13.2. The van der Waals surface area contributed by atoms with E-state index in [2.05, 4.69) is 0 Å². The van der Waals surface area contributed by atoms with Gasteiger partial charge in [0.25, 0.3) is 0 Å². The minimum atomic E-state index is -3.46. The summed E-state index contributed by atoms with van der Waals surface area (Å²) in [6, 6.07) is 6.17. The molecular weight excluding hydrogens is 274 g/mol. The van der Waals surface area contributed by atoms with E-state index in [1.165, 1.54) is 16.4 Å². The Morgan fingerprint density at radius 2 is 2.00 bits per heavy atom. The van der Waals surface area contributed by atoms with Gasteiger partial charge in [0.05, 0.1) is 4.90 Å². The van der Waals surface area contributed by atoms with E-state index in [1.807, 2.05) is 0 Å². The minimum absolute atomic E-state index is 0.0344. The lowest BCUT2D eigenvalue weighted by Crippen LogP contribution is -2.40. The van der Waals surface area contributed by atoms with Crippen LogP contribution in [0.25, 0.3) is 0 Å². The summed E-state index contributed by atoms with van der Waals surface area (Å²) in [5.74, 6) is 0.0424. The van der Waals surface area contributed by atoms with Crippen molar-refractivity contribution in [1.82, 2.24) is 4.31 Å². The molecule has 1 aromatic rings. The maximum absolute atomic E-state index is 12.4. The standard InChI is InChI=1S/C12H16ClNO3S/c13-11-3-5-12(6-4-11)18(16,17)14-7-1-2-10(8-14)9-15/h3-6,10,15H,1-2,7-9H2. The molecule has 1 fully saturated rings. The van der Waals surface area contributed by atoms with Gasteiger partial charge in [0, 0.05) is 24.7 Å². The molecular formula is C12H16ClNO3S. The third-order valence-corrected chi connectivity index (χ3v) is 5.32. The average Bonchev–Trinajstić information content (AvgIpc) is 2.39. The monoisotopic (exact) mass is 289 g/mol. The summed E-state index contributed by atoms with van der Waals surface area (Å²) in [5, 5.41) is 9.66. The smallest absolute Gasteiger partial charge is 0.243 e. The number of hydrogen-bond donors (Lipinski definition) is 1. The molecule has 6 heteroatoms. The molecule has 1 heterocycles. The van der Waals surface area contributed by atoms with Crippen molar-refractivity contribution in [2.75, 3.05) is 19.7 Å². The second-order valence-corrected chi connectivity index (χ2v) is 6.88. The van der Waals surface area contributed by atoms with Crippen molar-refractivity contribution >= 4 is 21.6 Å². The van der Waals surface area contributed by atoms with E-state index in [-0.39, 0.29) is 17.4 Å². The quantitative estimate of drug-likeness (QED) is 0.922. The largest absolute Gasteiger partial charge is 0.396 e. The molecule has 100 valence electrons. The topological polar surface area (TPSA) is 57.6 Å². The van der Waals surface area contributed by atoms with Crippen LogP contribution in [-0.2, 0) is 10.0 Å². The molecule has 0 aromatic heterocycles. The van der Waals surface area contributed by atoms with Crippen molar-refractivity contribution in [1.29, 1.82) is 0 Å². The van der Waals surface area contributed by atoms with Crippen LogP contribution in [0.2, 0.25) is 5.02 Å². The van der Waals surface area contributed by atoms with E-state index in [9.17, 15) is 8.42 Å². The minimum Gasteiger partial charge on any atom is -0.396 e. The summed E-state index contributed by atoms with van der Waals surface area (Å²) in [6.07, 6.45) is 1.67. The summed E-state index contributed by atoms with van der Waals surface area (Å²) in [7, 11) is -3.46. The van der Waals surface area contributed by atoms with Crippen LogP contribution in [0.4, 0.5) is 0 Å². The molecule has 0 radical (unpaired) electrons. The molecule has 1 N–H and O–H groups in total. The van der Waals surface area contributed by atoms with Gasteiger partial charge in [-0.15, -0.1) is 0 Å². The molecule has 1 unspecified atom stereocenters. The second-order valence-electron chi connectivity index (χ2n) is 4.51. The van der Waals surface area contributed by atoms with E-state index >= 15 is 0 Å². The normalized spacial score (nSPS) is 22.0. The van der Waals surface area contributed by atoms with E-state index in [0.29, 0.717) is 18.1 Å². The molecule has 18 heavy (non-hydrogen) atoms. The molecule has 1 aromatic carbocycles. The summed E-state index contributed by atoms with van der Waals surface area (Å²) in [5.41, 5.74) is 0. The zero-order valence-electron chi connectivity index (χ0n) is 9.92. The van der Waals surface area contributed by atoms with Gasteiger partial charge >= 0.3 is 0 Å². The van der Waals surface area contributed by atoms with Crippen LogP contribution in [-0.4, -0.2) is 37.5 Å². The van der Waals surface area contributed by atoms with E-state index in [4.69, 9.17) is 16.7 Å². The van der Waals surface area contributed by atoms with Crippen LogP contribution < -0.4 is 0 Å². The molecule has 1 atom stereocenters. The fourth-order valence-corrected chi connectivity index (χ4v) is 3.83. The summed E-state index contributed by atoms with van der Waals surface area (Å²) in [6.45, 7) is 0.940. The summed E-state index contributed by atoms with van der Waals surface area (Å²) >= 11 is 5.75. The highest BCUT2D eigenvalue weighted by Crippen LogP contribution is 2.24.